The van der Waals surface area contributed by atoms with Gasteiger partial charge >= 0.3 is 0 Å². The van der Waals surface area contributed by atoms with Gasteiger partial charge in [-0.15, -0.1) is 0 Å². The Morgan fingerprint density at radius 1 is 1.53 bits per heavy atom. The van der Waals surface area contributed by atoms with Crippen LogP contribution in [0.1, 0.15) is 26.7 Å². The Bertz CT molecular complexity index is 379. The molecule has 1 aliphatic carbocycles. The van der Waals surface area contributed by atoms with Crippen LogP contribution in [0.5, 0.6) is 0 Å². The van der Waals surface area contributed by atoms with E-state index >= 15 is 0 Å². The van der Waals surface area contributed by atoms with Crippen molar-refractivity contribution in [2.24, 2.45) is 0 Å². The topological polar surface area (TPSA) is 37.4 Å². The van der Waals surface area contributed by atoms with Crippen LogP contribution in [0.4, 0.5) is 0 Å². The average molecular weight is 205 g/mol. The van der Waals surface area contributed by atoms with Gasteiger partial charge in [0, 0.05) is 12.1 Å². The molecule has 2 rings (SSSR count). The number of rotatable bonds is 2. The van der Waals surface area contributed by atoms with Crippen molar-refractivity contribution in [3.63, 3.8) is 0 Å². The van der Waals surface area contributed by atoms with E-state index in [0.29, 0.717) is 6.54 Å². The van der Waals surface area contributed by atoms with Gasteiger partial charge in [-0.25, -0.2) is 0 Å². The fourth-order valence-corrected chi connectivity index (χ4v) is 2.06. The van der Waals surface area contributed by atoms with Crippen molar-refractivity contribution in [3.05, 3.63) is 23.3 Å². The fraction of sp³-hybridized carbons (Fsp3) is 0.500. The van der Waals surface area contributed by atoms with E-state index in [9.17, 15) is 9.59 Å². The molecule has 0 fully saturated rings. The first-order valence-corrected chi connectivity index (χ1v) is 5.31. The second-order valence-corrected chi connectivity index (χ2v) is 4.18. The molecule has 0 saturated heterocycles. The number of amides is 1. The van der Waals surface area contributed by atoms with E-state index in [1.807, 2.05) is 12.2 Å². The van der Waals surface area contributed by atoms with Crippen LogP contribution < -0.4 is 0 Å². The van der Waals surface area contributed by atoms with Gasteiger partial charge in [-0.05, 0) is 32.3 Å². The molecule has 0 spiro atoms. The molecule has 0 N–H and O–H groups in total. The van der Waals surface area contributed by atoms with Crippen molar-refractivity contribution in [3.8, 4) is 0 Å². The molecule has 15 heavy (non-hydrogen) atoms. The van der Waals surface area contributed by atoms with E-state index in [2.05, 4.69) is 0 Å². The monoisotopic (exact) mass is 205 g/mol. The summed E-state index contributed by atoms with van der Waals surface area (Å²) in [5.74, 6) is 0.0656. The molecule has 3 nitrogen and oxygen atoms in total. The first-order valence-electron chi connectivity index (χ1n) is 5.31. The summed E-state index contributed by atoms with van der Waals surface area (Å²) >= 11 is 0. The van der Waals surface area contributed by atoms with Gasteiger partial charge in [0.25, 0.3) is 5.91 Å². The number of carbonyl (C=O) groups excluding carboxylic acids is 2. The molecule has 1 heterocycles. The summed E-state index contributed by atoms with van der Waals surface area (Å²) in [4.78, 5) is 24.9. The van der Waals surface area contributed by atoms with Crippen LogP contribution in [0, 0.1) is 0 Å². The first kappa shape index (κ1) is 10.1. The van der Waals surface area contributed by atoms with Gasteiger partial charge in [0.05, 0.1) is 6.04 Å². The molecule has 80 valence electrons. The van der Waals surface area contributed by atoms with Crippen molar-refractivity contribution >= 4 is 11.7 Å². The molecule has 2 aliphatic rings. The SMILES string of the molecule is CC(=O)[C@H](C)N1CC2=C(C=CCC2)C1=O. The van der Waals surface area contributed by atoms with E-state index in [4.69, 9.17) is 0 Å². The highest BCUT2D eigenvalue weighted by atomic mass is 16.2. The van der Waals surface area contributed by atoms with Crippen LogP contribution in [0.2, 0.25) is 0 Å². The lowest BCUT2D eigenvalue weighted by atomic mass is 10.0. The second-order valence-electron chi connectivity index (χ2n) is 4.18. The number of ketones is 1. The van der Waals surface area contributed by atoms with Crippen molar-refractivity contribution in [2.75, 3.05) is 6.54 Å². The Balaban J connectivity index is 2.20. The maximum Gasteiger partial charge on any atom is 0.254 e. The van der Waals surface area contributed by atoms with Gasteiger partial charge < -0.3 is 4.90 Å². The molecule has 3 heteroatoms. The number of hydrogen-bond donors (Lipinski definition) is 0. The van der Waals surface area contributed by atoms with Crippen molar-refractivity contribution < 1.29 is 9.59 Å². The van der Waals surface area contributed by atoms with Gasteiger partial charge in [0.15, 0.2) is 5.78 Å². The molecule has 0 bridgehead atoms. The van der Waals surface area contributed by atoms with Gasteiger partial charge in [0.1, 0.15) is 0 Å². The lowest BCUT2D eigenvalue weighted by molar-refractivity contribution is -0.133. The summed E-state index contributed by atoms with van der Waals surface area (Å²) in [5.41, 5.74) is 2.00. The minimum atomic E-state index is -0.295. The molecular formula is C12H15NO2. The molecule has 0 aromatic rings. The van der Waals surface area contributed by atoms with Crippen molar-refractivity contribution in [1.29, 1.82) is 0 Å². The van der Waals surface area contributed by atoms with Crippen LogP contribution in [0.3, 0.4) is 0 Å². The normalized spacial score (nSPS) is 22.0. The highest BCUT2D eigenvalue weighted by Gasteiger charge is 2.33. The van der Waals surface area contributed by atoms with Crippen molar-refractivity contribution in [2.45, 2.75) is 32.7 Å². The standard InChI is InChI=1S/C12H15NO2/c1-8(9(2)14)13-7-10-5-3-4-6-11(10)12(13)15/h4,6,8H,3,5,7H2,1-2H3/t8-/m0/s1. The molecule has 0 aromatic carbocycles. The summed E-state index contributed by atoms with van der Waals surface area (Å²) in [6.45, 7) is 3.97. The Hall–Kier alpha value is -1.38. The fourth-order valence-electron chi connectivity index (χ4n) is 2.06. The molecule has 1 atom stereocenters. The Morgan fingerprint density at radius 3 is 2.87 bits per heavy atom. The third-order valence-corrected chi connectivity index (χ3v) is 3.19. The highest BCUT2D eigenvalue weighted by Crippen LogP contribution is 2.28. The molecule has 1 amide bonds. The van der Waals surface area contributed by atoms with E-state index in [1.54, 1.807) is 11.8 Å². The average Bonchev–Trinajstić information content (AvgIpc) is 2.56. The number of hydrogen-bond acceptors (Lipinski definition) is 2. The van der Waals surface area contributed by atoms with E-state index in [-0.39, 0.29) is 17.7 Å². The maximum atomic E-state index is 12.0. The molecule has 0 saturated carbocycles. The van der Waals surface area contributed by atoms with Crippen molar-refractivity contribution in [1.82, 2.24) is 4.90 Å². The number of nitrogens with zero attached hydrogens (tertiary/aromatic N) is 1. The predicted octanol–water partition coefficient (Wildman–Crippen LogP) is 1.45. The number of Topliss-reactive ketones (excluding diaryl/α,β-unsaturated/α-hetero) is 1. The minimum Gasteiger partial charge on any atom is -0.325 e. The predicted molar refractivity (Wildman–Crippen MR) is 57.3 cm³/mol. The zero-order chi connectivity index (χ0) is 11.0. The Kier molecular flexibility index (Phi) is 2.47. The summed E-state index contributed by atoms with van der Waals surface area (Å²) in [7, 11) is 0. The summed E-state index contributed by atoms with van der Waals surface area (Å²) < 4.78 is 0. The number of carbonyl (C=O) groups is 2. The van der Waals surface area contributed by atoms with E-state index in [0.717, 1.165) is 18.4 Å². The van der Waals surface area contributed by atoms with Gasteiger partial charge in [-0.3, -0.25) is 9.59 Å². The van der Waals surface area contributed by atoms with Gasteiger partial charge in [-0.2, -0.15) is 0 Å². The van der Waals surface area contributed by atoms with Gasteiger partial charge in [0.2, 0.25) is 0 Å². The summed E-state index contributed by atoms with van der Waals surface area (Å²) in [6.07, 6.45) is 5.89. The zero-order valence-corrected chi connectivity index (χ0v) is 9.12. The van der Waals surface area contributed by atoms with E-state index < -0.39 is 0 Å². The van der Waals surface area contributed by atoms with Crippen LogP contribution in [0.25, 0.3) is 0 Å². The Morgan fingerprint density at radius 2 is 2.27 bits per heavy atom. The van der Waals surface area contributed by atoms with Crippen LogP contribution in [-0.4, -0.2) is 29.2 Å². The molecule has 0 aromatic heterocycles. The molecule has 0 unspecified atom stereocenters. The molecular weight excluding hydrogens is 190 g/mol. The maximum absolute atomic E-state index is 12.0. The lowest BCUT2D eigenvalue weighted by Gasteiger charge is -2.22. The number of allylic oxidation sites excluding steroid dienone is 1. The molecule has 1 aliphatic heterocycles. The van der Waals surface area contributed by atoms with Crippen LogP contribution in [0.15, 0.2) is 23.3 Å². The third-order valence-electron chi connectivity index (χ3n) is 3.19. The van der Waals surface area contributed by atoms with E-state index in [1.165, 1.54) is 12.5 Å². The van der Waals surface area contributed by atoms with Crippen LogP contribution in [-0.2, 0) is 9.59 Å². The third kappa shape index (κ3) is 1.62. The van der Waals surface area contributed by atoms with Gasteiger partial charge in [-0.1, -0.05) is 12.2 Å². The highest BCUT2D eigenvalue weighted by molar-refractivity contribution is 6.02. The summed E-state index contributed by atoms with van der Waals surface area (Å²) in [5, 5.41) is 0. The molecule has 0 radical (unpaired) electrons. The summed E-state index contributed by atoms with van der Waals surface area (Å²) in [6, 6.07) is -0.295. The quantitative estimate of drug-likeness (QED) is 0.684. The minimum absolute atomic E-state index is 0.0173. The zero-order valence-electron chi connectivity index (χ0n) is 9.12. The smallest absolute Gasteiger partial charge is 0.254 e. The largest absolute Gasteiger partial charge is 0.325 e. The second kappa shape index (κ2) is 3.65. The first-order chi connectivity index (χ1) is 7.11. The van der Waals surface area contributed by atoms with Crippen LogP contribution >= 0.6 is 0 Å². The lowest BCUT2D eigenvalue weighted by Crippen LogP contribution is -2.40. The Labute approximate surface area is 89.4 Å².